The molecule has 3 aromatic carbocycles. The van der Waals surface area contributed by atoms with Crippen LogP contribution in [0.25, 0.3) is 23.3 Å². The van der Waals surface area contributed by atoms with Gasteiger partial charge in [-0.1, -0.05) is 54.6 Å². The molecule has 2 nitrogen and oxygen atoms in total. The Hall–Kier alpha value is -4.05. The van der Waals surface area contributed by atoms with E-state index < -0.39 is 5.82 Å². The number of rotatable bonds is 2. The highest BCUT2D eigenvalue weighted by molar-refractivity contribution is 6.01. The number of carbonyl (C=O) groups excluding carboxylic acids is 1. The van der Waals surface area contributed by atoms with Gasteiger partial charge in [-0.3, -0.25) is 4.79 Å². The second-order valence-corrected chi connectivity index (χ2v) is 8.74. The lowest BCUT2D eigenvalue weighted by Crippen LogP contribution is -2.37. The summed E-state index contributed by atoms with van der Waals surface area (Å²) in [4.78, 5) is 12.9. The van der Waals surface area contributed by atoms with Crippen molar-refractivity contribution in [2.24, 2.45) is 5.92 Å². The lowest BCUT2D eigenvalue weighted by atomic mass is 9.82. The van der Waals surface area contributed by atoms with E-state index >= 15 is 0 Å². The first-order chi connectivity index (χ1) is 17.1. The molecule has 0 saturated carbocycles. The Morgan fingerprint density at radius 1 is 0.829 bits per heavy atom. The first kappa shape index (κ1) is 22.7. The van der Waals surface area contributed by atoms with Crippen LogP contribution >= 0.6 is 0 Å². The monoisotopic (exact) mass is 465 g/mol. The zero-order chi connectivity index (χ0) is 24.2. The molecule has 174 valence electrons. The Balaban J connectivity index is 0.000000313. The Kier molecular flexibility index (Phi) is 6.53. The van der Waals surface area contributed by atoms with Crippen LogP contribution in [0.15, 0.2) is 91.3 Å². The number of aryl methyl sites for hydroxylation is 1. The minimum absolute atomic E-state index is 0.154. The lowest BCUT2D eigenvalue weighted by molar-refractivity contribution is 0.0942. The number of nitrogens with one attached hydrogen (secondary N) is 1. The van der Waals surface area contributed by atoms with Crippen LogP contribution in [0, 0.1) is 17.6 Å². The number of allylic oxidation sites excluding steroid dienone is 4. The van der Waals surface area contributed by atoms with Crippen molar-refractivity contribution >= 4 is 17.9 Å². The van der Waals surface area contributed by atoms with Crippen molar-refractivity contribution in [3.63, 3.8) is 0 Å². The van der Waals surface area contributed by atoms with Crippen LogP contribution in [0.5, 0.6) is 0 Å². The van der Waals surface area contributed by atoms with Crippen molar-refractivity contribution in [2.45, 2.75) is 19.3 Å². The van der Waals surface area contributed by atoms with Crippen LogP contribution in [0.3, 0.4) is 0 Å². The summed E-state index contributed by atoms with van der Waals surface area (Å²) in [5.74, 6) is -1.20. The molecule has 3 aliphatic rings. The first-order valence-electron chi connectivity index (χ1n) is 11.8. The highest BCUT2D eigenvalue weighted by Gasteiger charge is 2.24. The van der Waals surface area contributed by atoms with Crippen molar-refractivity contribution in [3.05, 3.63) is 130 Å². The second-order valence-electron chi connectivity index (χ2n) is 8.74. The Morgan fingerprint density at radius 3 is 2.40 bits per heavy atom. The highest BCUT2D eigenvalue weighted by atomic mass is 19.1. The van der Waals surface area contributed by atoms with Gasteiger partial charge in [0.15, 0.2) is 5.78 Å². The van der Waals surface area contributed by atoms with E-state index in [0.29, 0.717) is 12.8 Å². The largest absolute Gasteiger partial charge is 0.368 e. The number of carbonyl (C=O) groups is 1. The van der Waals surface area contributed by atoms with Gasteiger partial charge in [0, 0.05) is 18.3 Å². The van der Waals surface area contributed by atoms with E-state index in [1.54, 1.807) is 24.3 Å². The molecule has 1 N–H and O–H groups in total. The second kappa shape index (κ2) is 10.1. The van der Waals surface area contributed by atoms with Crippen LogP contribution in [-0.4, -0.2) is 5.78 Å². The van der Waals surface area contributed by atoms with Crippen molar-refractivity contribution in [1.82, 2.24) is 5.32 Å². The summed E-state index contributed by atoms with van der Waals surface area (Å²) in [5, 5.41) is 5.09. The number of hydrogen-bond acceptors (Lipinski definition) is 2. The average Bonchev–Trinajstić information content (AvgIpc) is 3.21. The third kappa shape index (κ3) is 4.78. The number of fused-ring (bicyclic) bond motifs is 5. The molecule has 0 saturated heterocycles. The van der Waals surface area contributed by atoms with Crippen LogP contribution in [0.4, 0.5) is 8.78 Å². The van der Waals surface area contributed by atoms with E-state index in [1.165, 1.54) is 17.7 Å². The van der Waals surface area contributed by atoms with Crippen LogP contribution in [0.1, 0.15) is 27.9 Å². The number of benzene rings is 3. The van der Waals surface area contributed by atoms with Gasteiger partial charge in [0.05, 0.1) is 5.56 Å². The molecular weight excluding hydrogens is 440 g/mol. The third-order valence-electron chi connectivity index (χ3n) is 6.55. The van der Waals surface area contributed by atoms with Gasteiger partial charge in [0.1, 0.15) is 11.6 Å². The van der Waals surface area contributed by atoms with E-state index in [4.69, 9.17) is 0 Å². The maximum atomic E-state index is 14.1. The molecule has 1 heterocycles. The van der Waals surface area contributed by atoms with Crippen LogP contribution in [0.2, 0.25) is 0 Å². The van der Waals surface area contributed by atoms with Gasteiger partial charge >= 0.3 is 0 Å². The van der Waals surface area contributed by atoms with Crippen molar-refractivity contribution < 1.29 is 13.6 Å². The maximum Gasteiger partial charge on any atom is 0.172 e. The van der Waals surface area contributed by atoms with Gasteiger partial charge in [0.25, 0.3) is 0 Å². The molecule has 0 amide bonds. The topological polar surface area (TPSA) is 29.1 Å². The Labute approximate surface area is 203 Å². The van der Waals surface area contributed by atoms with E-state index in [-0.39, 0.29) is 23.1 Å². The average molecular weight is 466 g/mol. The van der Waals surface area contributed by atoms with E-state index in [0.717, 1.165) is 33.5 Å². The molecule has 0 radical (unpaired) electrons. The van der Waals surface area contributed by atoms with E-state index in [1.807, 2.05) is 48.8 Å². The number of Topliss-reactive ketones (excluding diaryl/α,β-unsaturated/α-hetero) is 1. The van der Waals surface area contributed by atoms with Crippen molar-refractivity contribution in [2.75, 3.05) is 0 Å². The molecule has 0 bridgehead atoms. The van der Waals surface area contributed by atoms with E-state index in [2.05, 4.69) is 23.5 Å². The predicted molar refractivity (Wildman–Crippen MR) is 137 cm³/mol. The predicted octanol–water partition coefficient (Wildman–Crippen LogP) is 5.37. The summed E-state index contributed by atoms with van der Waals surface area (Å²) in [5.41, 5.74) is 4.44. The van der Waals surface area contributed by atoms with Crippen molar-refractivity contribution in [3.8, 4) is 11.1 Å². The molecule has 3 aromatic rings. The van der Waals surface area contributed by atoms with Gasteiger partial charge in [-0.2, -0.15) is 0 Å². The summed E-state index contributed by atoms with van der Waals surface area (Å²) in [7, 11) is 0. The van der Waals surface area contributed by atoms with Gasteiger partial charge in [-0.15, -0.1) is 0 Å². The molecule has 1 unspecified atom stereocenters. The summed E-state index contributed by atoms with van der Waals surface area (Å²) in [6.45, 7) is 0. The normalized spacial score (nSPS) is 16.7. The number of ketones is 1. The fourth-order valence-electron chi connectivity index (χ4n) is 4.83. The van der Waals surface area contributed by atoms with Crippen LogP contribution in [-0.2, 0) is 12.8 Å². The molecule has 4 heteroatoms. The van der Waals surface area contributed by atoms with Crippen molar-refractivity contribution in [1.29, 1.82) is 0 Å². The summed E-state index contributed by atoms with van der Waals surface area (Å²) >= 11 is 0. The standard InChI is InChI=1S/C25H18F2O.C6H7N/c26-18-9-12-19-16(13-18)8-11-21-20(19)10-7-15-5-6-17(14-23(15)21)25(28)22-3-1-2-4-24(22)27;1-2-4-6-7-5-3-1/h1-4,7,9-14,17H,5-6,8H2;1-7H. The zero-order valence-electron chi connectivity index (χ0n) is 19.2. The fourth-order valence-corrected chi connectivity index (χ4v) is 4.83. The molecule has 1 aliphatic heterocycles. The van der Waals surface area contributed by atoms with Gasteiger partial charge in [0.2, 0.25) is 0 Å². The summed E-state index contributed by atoms with van der Waals surface area (Å²) in [6, 6.07) is 15.3. The minimum Gasteiger partial charge on any atom is -0.368 e. The van der Waals surface area contributed by atoms with Gasteiger partial charge in [-0.05, 0) is 88.4 Å². The summed E-state index contributed by atoms with van der Waals surface area (Å²) in [6.07, 6.45) is 17.8. The minimum atomic E-state index is -0.468. The first-order valence-corrected chi connectivity index (χ1v) is 11.8. The molecule has 0 spiro atoms. The molecular formula is C31H25F2NO. The highest BCUT2D eigenvalue weighted by Crippen LogP contribution is 2.27. The van der Waals surface area contributed by atoms with Gasteiger partial charge in [-0.25, -0.2) is 8.78 Å². The molecule has 0 fully saturated rings. The Bertz CT molecular complexity index is 1480. The zero-order valence-corrected chi connectivity index (χ0v) is 19.2. The fraction of sp³-hybridized carbons (Fsp3) is 0.129. The third-order valence-corrected chi connectivity index (χ3v) is 6.55. The smallest absolute Gasteiger partial charge is 0.172 e. The lowest BCUT2D eigenvalue weighted by Gasteiger charge is -2.21. The van der Waals surface area contributed by atoms with Gasteiger partial charge < -0.3 is 5.32 Å². The maximum absolute atomic E-state index is 14.1. The quantitative estimate of drug-likeness (QED) is 0.516. The SMILES string of the molecule is C1=CC=CNC=C1.O=C(c1ccccc1F)C1C=c2c(ccc3c2=CCc2cc(F)ccc2-3)CC1. The molecule has 2 aliphatic carbocycles. The molecule has 6 rings (SSSR count). The van der Waals surface area contributed by atoms with E-state index in [9.17, 15) is 13.6 Å². The van der Waals surface area contributed by atoms with Crippen LogP contribution < -0.4 is 15.8 Å². The summed E-state index contributed by atoms with van der Waals surface area (Å²) < 4.78 is 27.7. The number of hydrogen-bond donors (Lipinski definition) is 1. The molecule has 0 aromatic heterocycles. The Morgan fingerprint density at radius 2 is 1.60 bits per heavy atom. The molecule has 1 atom stereocenters. The number of halogens is 2. The molecule has 35 heavy (non-hydrogen) atoms.